The van der Waals surface area contributed by atoms with Gasteiger partial charge in [0, 0.05) is 0 Å². The lowest BCUT2D eigenvalue weighted by Gasteiger charge is -1.93. The molecule has 50 valence electrons. The quantitative estimate of drug-likeness (QED) is 0.671. The van der Waals surface area contributed by atoms with Crippen molar-refractivity contribution in [3.05, 3.63) is 17.4 Å². The average Bonchev–Trinajstić information content (AvgIpc) is 2.18. The lowest BCUT2D eigenvalue weighted by atomic mass is 10.2. The summed E-state index contributed by atoms with van der Waals surface area (Å²) in [5, 5.41) is 0. The van der Waals surface area contributed by atoms with Crippen molar-refractivity contribution in [3.63, 3.8) is 0 Å². The zero-order valence-corrected chi connectivity index (χ0v) is 6.65. The fraction of sp³-hybridized carbons (Fsp3) is 0.429. The molecule has 2 N–H and O–H groups in total. The van der Waals surface area contributed by atoms with E-state index < -0.39 is 0 Å². The second-order valence-electron chi connectivity index (χ2n) is 2.17. The van der Waals surface area contributed by atoms with Crippen molar-refractivity contribution in [2.75, 3.05) is 5.73 Å². The second-order valence-corrected chi connectivity index (χ2v) is 3.33. The van der Waals surface area contributed by atoms with E-state index in [-0.39, 0.29) is 0 Å². The van der Waals surface area contributed by atoms with E-state index in [4.69, 9.17) is 5.73 Å². The Labute approximate surface area is 57.4 Å². The first-order valence-corrected chi connectivity index (χ1v) is 4.34. The highest BCUT2D eigenvalue weighted by Gasteiger charge is 1.94. The molecule has 0 aliphatic heterocycles. The molecule has 0 bridgehead atoms. The zero-order valence-electron chi connectivity index (χ0n) is 5.65. The average molecular weight is 141 g/mol. The summed E-state index contributed by atoms with van der Waals surface area (Å²) < 4.78 is 0. The monoisotopic (exact) mass is 141 g/mol. The fourth-order valence-electron chi connectivity index (χ4n) is 0.902. The van der Waals surface area contributed by atoms with Gasteiger partial charge in [-0.1, -0.05) is 19.4 Å². The van der Waals surface area contributed by atoms with Crippen molar-refractivity contribution >= 4 is 13.6 Å². The van der Waals surface area contributed by atoms with Crippen LogP contribution in [-0.4, -0.2) is 0 Å². The normalized spacial score (nSPS) is 10.8. The predicted octanol–water partition coefficient (Wildman–Crippen LogP) is 2.25. The SMILES string of the molecule is CCCc1cc[pH]c1N. The van der Waals surface area contributed by atoms with Crippen molar-refractivity contribution < 1.29 is 0 Å². The molecule has 1 unspecified atom stereocenters. The topological polar surface area (TPSA) is 26.0 Å². The van der Waals surface area contributed by atoms with Crippen LogP contribution < -0.4 is 5.73 Å². The molecule has 2 heteroatoms. The molecule has 0 aliphatic rings. The molecule has 0 saturated heterocycles. The van der Waals surface area contributed by atoms with Gasteiger partial charge in [0.25, 0.3) is 0 Å². The number of nitrogen functional groups attached to an aromatic ring is 1. The Balaban J connectivity index is 2.69. The van der Waals surface area contributed by atoms with Gasteiger partial charge >= 0.3 is 0 Å². The van der Waals surface area contributed by atoms with Crippen LogP contribution in [0.1, 0.15) is 18.9 Å². The first kappa shape index (κ1) is 6.70. The summed E-state index contributed by atoms with van der Waals surface area (Å²) in [5.41, 5.74) is 8.15. The van der Waals surface area contributed by atoms with Gasteiger partial charge in [0.2, 0.25) is 0 Å². The minimum Gasteiger partial charge on any atom is -0.396 e. The maximum absolute atomic E-state index is 5.69. The summed E-state index contributed by atoms with van der Waals surface area (Å²) in [6.45, 7) is 2.18. The van der Waals surface area contributed by atoms with Gasteiger partial charge in [0.1, 0.15) is 0 Å². The molecule has 9 heavy (non-hydrogen) atoms. The first-order valence-electron chi connectivity index (χ1n) is 3.26. The van der Waals surface area contributed by atoms with Crippen LogP contribution in [0, 0.1) is 0 Å². The van der Waals surface area contributed by atoms with E-state index in [1.54, 1.807) is 0 Å². The van der Waals surface area contributed by atoms with Crippen LogP contribution in [0.2, 0.25) is 0 Å². The van der Waals surface area contributed by atoms with E-state index in [0.717, 1.165) is 20.0 Å². The number of anilines is 1. The zero-order chi connectivity index (χ0) is 6.69. The maximum atomic E-state index is 5.69. The predicted molar refractivity (Wildman–Crippen MR) is 44.4 cm³/mol. The summed E-state index contributed by atoms with van der Waals surface area (Å²) in [4.78, 5) is 0. The van der Waals surface area contributed by atoms with Gasteiger partial charge in [0.15, 0.2) is 0 Å². The van der Waals surface area contributed by atoms with Crippen LogP contribution in [0.5, 0.6) is 0 Å². The molecule has 0 amide bonds. The Kier molecular flexibility index (Phi) is 2.18. The molecule has 1 rings (SSSR count). The number of aryl methyl sites for hydroxylation is 1. The molecule has 1 nitrogen and oxygen atoms in total. The lowest BCUT2D eigenvalue weighted by molar-refractivity contribution is 0.928. The Bertz CT molecular complexity index is 181. The van der Waals surface area contributed by atoms with Gasteiger partial charge in [-0.3, -0.25) is 0 Å². The molecule has 0 aliphatic carbocycles. The molecule has 1 aromatic heterocycles. The largest absolute Gasteiger partial charge is 0.396 e. The fourth-order valence-corrected chi connectivity index (χ4v) is 1.76. The Morgan fingerprint density at radius 1 is 1.67 bits per heavy atom. The van der Waals surface area contributed by atoms with Gasteiger partial charge < -0.3 is 5.73 Å². The van der Waals surface area contributed by atoms with Gasteiger partial charge in [-0.05, 0) is 17.8 Å². The molecule has 0 spiro atoms. The van der Waals surface area contributed by atoms with Crippen LogP contribution in [0.4, 0.5) is 5.42 Å². The third kappa shape index (κ3) is 1.49. The molecular weight excluding hydrogens is 129 g/mol. The highest BCUT2D eigenvalue weighted by Crippen LogP contribution is 2.24. The molecule has 1 heterocycles. The summed E-state index contributed by atoms with van der Waals surface area (Å²) in [6.07, 6.45) is 2.35. The first-order chi connectivity index (χ1) is 4.34. The van der Waals surface area contributed by atoms with Crippen molar-refractivity contribution in [1.82, 2.24) is 0 Å². The van der Waals surface area contributed by atoms with E-state index in [1.807, 2.05) is 0 Å². The van der Waals surface area contributed by atoms with E-state index in [0.29, 0.717) is 0 Å². The van der Waals surface area contributed by atoms with E-state index in [1.165, 1.54) is 12.0 Å². The maximum Gasteiger partial charge on any atom is 0.0510 e. The number of nitrogens with two attached hydrogens (primary N) is 1. The van der Waals surface area contributed by atoms with Gasteiger partial charge in [-0.25, -0.2) is 0 Å². The third-order valence-electron chi connectivity index (χ3n) is 1.39. The standard InChI is InChI=1S/C7H12NP/c1-2-3-6-4-5-9-7(6)8/h4-5,9H,2-3,8H2,1H3. The highest BCUT2D eigenvalue weighted by atomic mass is 31.0. The molecular formula is C7H12NP. The summed E-state index contributed by atoms with van der Waals surface area (Å²) in [7, 11) is 0.749. The third-order valence-corrected chi connectivity index (χ3v) is 2.35. The molecule has 0 fully saturated rings. The molecule has 1 atom stereocenters. The highest BCUT2D eigenvalue weighted by molar-refractivity contribution is 7.33. The molecule has 1 aromatic rings. The van der Waals surface area contributed by atoms with Crippen molar-refractivity contribution in [1.29, 1.82) is 0 Å². The van der Waals surface area contributed by atoms with Gasteiger partial charge in [-0.2, -0.15) is 0 Å². The molecule has 0 aromatic carbocycles. The minimum absolute atomic E-state index is 0.749. The lowest BCUT2D eigenvalue weighted by Crippen LogP contribution is -1.85. The summed E-state index contributed by atoms with van der Waals surface area (Å²) in [6, 6.07) is 2.15. The minimum atomic E-state index is 0.749. The van der Waals surface area contributed by atoms with E-state index in [9.17, 15) is 0 Å². The van der Waals surface area contributed by atoms with Gasteiger partial charge in [-0.15, -0.1) is 8.19 Å². The Morgan fingerprint density at radius 3 is 2.89 bits per heavy atom. The van der Waals surface area contributed by atoms with Crippen LogP contribution in [0.3, 0.4) is 0 Å². The van der Waals surface area contributed by atoms with Crippen LogP contribution in [0.15, 0.2) is 11.9 Å². The van der Waals surface area contributed by atoms with Crippen molar-refractivity contribution in [2.45, 2.75) is 19.8 Å². The van der Waals surface area contributed by atoms with Crippen molar-refractivity contribution in [3.8, 4) is 0 Å². The van der Waals surface area contributed by atoms with Crippen LogP contribution in [-0.2, 0) is 6.42 Å². The number of rotatable bonds is 2. The summed E-state index contributed by atoms with van der Waals surface area (Å²) >= 11 is 0. The van der Waals surface area contributed by atoms with Crippen LogP contribution in [0.25, 0.3) is 0 Å². The van der Waals surface area contributed by atoms with E-state index in [2.05, 4.69) is 18.8 Å². The summed E-state index contributed by atoms with van der Waals surface area (Å²) in [5.74, 6) is 2.15. The Hall–Kier alpha value is -0.420. The van der Waals surface area contributed by atoms with Crippen LogP contribution >= 0.6 is 8.19 Å². The smallest absolute Gasteiger partial charge is 0.0510 e. The Morgan fingerprint density at radius 2 is 2.44 bits per heavy atom. The van der Waals surface area contributed by atoms with E-state index >= 15 is 0 Å². The second kappa shape index (κ2) is 2.93. The molecule has 0 saturated carbocycles. The number of hydrogen-bond acceptors (Lipinski definition) is 1. The number of hydrogen-bond donors (Lipinski definition) is 1. The molecule has 0 radical (unpaired) electrons. The van der Waals surface area contributed by atoms with Crippen molar-refractivity contribution in [2.24, 2.45) is 0 Å². The van der Waals surface area contributed by atoms with Gasteiger partial charge in [0.05, 0.1) is 5.42 Å².